The maximum atomic E-state index is 4.59. The Bertz CT molecular complexity index is 604. The van der Waals surface area contributed by atoms with E-state index in [2.05, 4.69) is 43.8 Å². The predicted molar refractivity (Wildman–Crippen MR) is 87.1 cm³/mol. The Morgan fingerprint density at radius 3 is 2.89 bits per heavy atom. The number of hydrogen-bond donors (Lipinski definition) is 1. The summed E-state index contributed by atoms with van der Waals surface area (Å²) in [5.74, 6) is 0.962. The molecule has 0 bridgehead atoms. The van der Waals surface area contributed by atoms with Gasteiger partial charge in [-0.2, -0.15) is 0 Å². The molecule has 0 amide bonds. The van der Waals surface area contributed by atoms with E-state index >= 15 is 0 Å². The summed E-state index contributed by atoms with van der Waals surface area (Å²) in [4.78, 5) is 11.1. The van der Waals surface area contributed by atoms with Crippen molar-refractivity contribution in [2.24, 2.45) is 4.99 Å². The number of imidazole rings is 1. The number of halogens is 1. The molecule has 102 valence electrons. The normalized spacial score (nSPS) is 14.4. The average molecular weight is 371 g/mol. The number of nitrogens with one attached hydrogen (secondary N) is 1. The first-order valence-electron chi connectivity index (χ1n) is 6.17. The van der Waals surface area contributed by atoms with Gasteiger partial charge in [-0.15, -0.1) is 24.0 Å². The van der Waals surface area contributed by atoms with Crippen LogP contribution < -0.4 is 5.32 Å². The number of fused-ring (bicyclic) bond motifs is 1. The third-order valence-electron chi connectivity index (χ3n) is 3.23. The highest BCUT2D eigenvalue weighted by Crippen LogP contribution is 2.08. The minimum absolute atomic E-state index is 0. The molecule has 0 unspecified atom stereocenters. The van der Waals surface area contributed by atoms with E-state index in [0.29, 0.717) is 6.54 Å². The van der Waals surface area contributed by atoms with Crippen LogP contribution in [-0.4, -0.2) is 40.4 Å². The van der Waals surface area contributed by atoms with Crippen LogP contribution in [0.25, 0.3) is 5.65 Å². The number of aryl methyl sites for hydroxylation is 1. The second-order valence-electron chi connectivity index (χ2n) is 4.61. The molecule has 0 aromatic carbocycles. The SMILES string of the molecule is Cc1cccc2nc(CNC3=NCCN3C)cn12.I. The fraction of sp³-hybridized carbons (Fsp3) is 0.385. The summed E-state index contributed by atoms with van der Waals surface area (Å²) in [6, 6.07) is 6.14. The molecule has 2 aromatic rings. The fourth-order valence-corrected chi connectivity index (χ4v) is 2.18. The molecule has 0 atom stereocenters. The largest absolute Gasteiger partial charge is 0.351 e. The average Bonchev–Trinajstić information content (AvgIpc) is 2.93. The molecule has 0 saturated carbocycles. The van der Waals surface area contributed by atoms with Crippen LogP contribution >= 0.6 is 24.0 Å². The maximum Gasteiger partial charge on any atom is 0.194 e. The molecule has 5 nitrogen and oxygen atoms in total. The van der Waals surface area contributed by atoms with Gasteiger partial charge in [0.25, 0.3) is 0 Å². The summed E-state index contributed by atoms with van der Waals surface area (Å²) in [6.07, 6.45) is 2.08. The van der Waals surface area contributed by atoms with Gasteiger partial charge in [0.2, 0.25) is 0 Å². The molecular weight excluding hydrogens is 353 g/mol. The van der Waals surface area contributed by atoms with Crippen molar-refractivity contribution in [3.63, 3.8) is 0 Å². The van der Waals surface area contributed by atoms with Crippen LogP contribution in [0.3, 0.4) is 0 Å². The molecule has 0 spiro atoms. The highest BCUT2D eigenvalue weighted by Gasteiger charge is 2.12. The molecule has 1 N–H and O–H groups in total. The Morgan fingerprint density at radius 2 is 2.21 bits per heavy atom. The smallest absolute Gasteiger partial charge is 0.194 e. The van der Waals surface area contributed by atoms with Gasteiger partial charge < -0.3 is 14.6 Å². The van der Waals surface area contributed by atoms with Crippen molar-refractivity contribution in [3.05, 3.63) is 35.8 Å². The van der Waals surface area contributed by atoms with Crippen LogP contribution in [0.1, 0.15) is 11.4 Å². The highest BCUT2D eigenvalue weighted by atomic mass is 127. The Labute approximate surface area is 129 Å². The summed E-state index contributed by atoms with van der Waals surface area (Å²) in [6.45, 7) is 4.67. The molecular formula is C13H18IN5. The quantitative estimate of drug-likeness (QED) is 0.817. The first-order valence-corrected chi connectivity index (χ1v) is 6.17. The molecule has 3 heterocycles. The lowest BCUT2D eigenvalue weighted by atomic mass is 10.4. The van der Waals surface area contributed by atoms with Gasteiger partial charge in [0.05, 0.1) is 18.8 Å². The van der Waals surface area contributed by atoms with E-state index in [9.17, 15) is 0 Å². The third kappa shape index (κ3) is 2.83. The number of likely N-dealkylation sites (N-methyl/N-ethyl adjacent to an activating group) is 1. The zero-order chi connectivity index (χ0) is 12.5. The van der Waals surface area contributed by atoms with Crippen molar-refractivity contribution >= 4 is 35.6 Å². The van der Waals surface area contributed by atoms with Gasteiger partial charge in [-0.05, 0) is 19.1 Å². The molecule has 2 aromatic heterocycles. The van der Waals surface area contributed by atoms with Crippen molar-refractivity contribution in [1.29, 1.82) is 0 Å². The van der Waals surface area contributed by atoms with Crippen LogP contribution in [0.2, 0.25) is 0 Å². The van der Waals surface area contributed by atoms with E-state index < -0.39 is 0 Å². The summed E-state index contributed by atoms with van der Waals surface area (Å²) < 4.78 is 2.11. The molecule has 0 radical (unpaired) electrons. The summed E-state index contributed by atoms with van der Waals surface area (Å²) in [7, 11) is 2.05. The van der Waals surface area contributed by atoms with Gasteiger partial charge in [-0.25, -0.2) is 4.98 Å². The first-order chi connectivity index (χ1) is 8.74. The number of pyridine rings is 1. The van der Waals surface area contributed by atoms with E-state index in [-0.39, 0.29) is 24.0 Å². The molecule has 1 aliphatic heterocycles. The van der Waals surface area contributed by atoms with E-state index in [1.54, 1.807) is 0 Å². The van der Waals surface area contributed by atoms with E-state index in [1.165, 1.54) is 5.69 Å². The lowest BCUT2D eigenvalue weighted by Gasteiger charge is -2.14. The van der Waals surface area contributed by atoms with E-state index in [1.807, 2.05) is 19.2 Å². The predicted octanol–water partition coefficient (Wildman–Crippen LogP) is 1.65. The molecule has 19 heavy (non-hydrogen) atoms. The molecule has 0 aliphatic carbocycles. The zero-order valence-electron chi connectivity index (χ0n) is 11.1. The highest BCUT2D eigenvalue weighted by molar-refractivity contribution is 14.0. The maximum absolute atomic E-state index is 4.59. The van der Waals surface area contributed by atoms with Crippen molar-refractivity contribution < 1.29 is 0 Å². The standard InChI is InChI=1S/C13H17N5.HI/c1-10-4-3-5-12-16-11(9-18(10)12)8-15-13-14-6-7-17(13)2;/h3-5,9H,6-8H2,1-2H3,(H,14,15);1H. The lowest BCUT2D eigenvalue weighted by molar-refractivity contribution is 0.533. The van der Waals surface area contributed by atoms with Gasteiger partial charge in [0, 0.05) is 25.5 Å². The van der Waals surface area contributed by atoms with Gasteiger partial charge in [0.15, 0.2) is 5.96 Å². The van der Waals surface area contributed by atoms with Crippen molar-refractivity contribution in [1.82, 2.24) is 19.6 Å². The number of aliphatic imine (C=N–C) groups is 1. The zero-order valence-corrected chi connectivity index (χ0v) is 13.5. The number of hydrogen-bond acceptors (Lipinski definition) is 4. The summed E-state index contributed by atoms with van der Waals surface area (Å²) >= 11 is 0. The molecule has 3 rings (SSSR count). The molecule has 6 heteroatoms. The molecule has 0 fully saturated rings. The third-order valence-corrected chi connectivity index (χ3v) is 3.23. The fourth-order valence-electron chi connectivity index (χ4n) is 2.18. The van der Waals surface area contributed by atoms with Gasteiger partial charge in [-0.1, -0.05) is 6.07 Å². The minimum atomic E-state index is 0. The number of aromatic nitrogens is 2. The van der Waals surface area contributed by atoms with Crippen LogP contribution in [0, 0.1) is 6.92 Å². The topological polar surface area (TPSA) is 44.9 Å². The second kappa shape index (κ2) is 5.77. The van der Waals surface area contributed by atoms with Gasteiger partial charge in [0.1, 0.15) is 5.65 Å². The Kier molecular flexibility index (Phi) is 4.28. The van der Waals surface area contributed by atoms with Crippen LogP contribution in [0.5, 0.6) is 0 Å². The summed E-state index contributed by atoms with van der Waals surface area (Å²) in [5, 5.41) is 3.33. The Hall–Kier alpha value is -1.31. The Balaban J connectivity index is 0.00000133. The summed E-state index contributed by atoms with van der Waals surface area (Å²) in [5.41, 5.74) is 3.22. The Morgan fingerprint density at radius 1 is 1.37 bits per heavy atom. The monoisotopic (exact) mass is 371 g/mol. The lowest BCUT2D eigenvalue weighted by Crippen LogP contribution is -2.35. The van der Waals surface area contributed by atoms with E-state index in [0.717, 1.165) is 30.4 Å². The number of guanidine groups is 1. The van der Waals surface area contributed by atoms with E-state index in [4.69, 9.17) is 0 Å². The van der Waals surface area contributed by atoms with Crippen LogP contribution in [0.15, 0.2) is 29.4 Å². The number of rotatable bonds is 2. The minimum Gasteiger partial charge on any atom is -0.351 e. The first kappa shape index (κ1) is 14.1. The van der Waals surface area contributed by atoms with Crippen molar-refractivity contribution in [2.75, 3.05) is 20.1 Å². The molecule has 1 aliphatic rings. The van der Waals surface area contributed by atoms with Crippen LogP contribution in [-0.2, 0) is 6.54 Å². The van der Waals surface area contributed by atoms with Gasteiger partial charge >= 0.3 is 0 Å². The van der Waals surface area contributed by atoms with Gasteiger partial charge in [-0.3, -0.25) is 4.99 Å². The molecule has 0 saturated heterocycles. The second-order valence-corrected chi connectivity index (χ2v) is 4.61. The van der Waals surface area contributed by atoms with Crippen molar-refractivity contribution in [3.8, 4) is 0 Å². The van der Waals surface area contributed by atoms with Crippen LogP contribution in [0.4, 0.5) is 0 Å². The van der Waals surface area contributed by atoms with Crippen molar-refractivity contribution in [2.45, 2.75) is 13.5 Å². The number of nitrogens with zero attached hydrogens (tertiary/aromatic N) is 4.